The molecule has 0 bridgehead atoms. The molecule has 0 aliphatic carbocycles. The van der Waals surface area contributed by atoms with Crippen molar-refractivity contribution in [2.75, 3.05) is 7.05 Å². The summed E-state index contributed by atoms with van der Waals surface area (Å²) in [5.41, 5.74) is 1.69. The van der Waals surface area contributed by atoms with E-state index in [0.717, 1.165) is 5.56 Å². The molecule has 0 saturated carbocycles. The molecule has 2 aromatic rings. The zero-order valence-corrected chi connectivity index (χ0v) is 23.7. The molecule has 3 rings (SSSR count). The first-order valence-corrected chi connectivity index (χ1v) is 19.8. The van der Waals surface area contributed by atoms with Gasteiger partial charge in [-0.15, -0.1) is 0 Å². The minimum absolute atomic E-state index is 0.0383. The van der Waals surface area contributed by atoms with Crippen LogP contribution in [0.1, 0.15) is 30.0 Å². The standard InChI is InChI=1S/C23H36N3O4PSi2/c1-18-22(19-14-10-9-11-15-19)29-31(25(18)2,24-32(3,4)5)23(30-33(6,7)8)20-16-12-13-17-21(20)26(27)28/h9-18,22-23H,1-8H3/t18-,22-,23+,31+/m0/s1. The summed E-state index contributed by atoms with van der Waals surface area (Å²) in [5, 5.41) is 12.0. The van der Waals surface area contributed by atoms with Crippen LogP contribution in [-0.4, -0.2) is 39.2 Å². The van der Waals surface area contributed by atoms with E-state index in [2.05, 4.69) is 63.0 Å². The predicted octanol–water partition coefficient (Wildman–Crippen LogP) is 7.40. The number of nitro benzene ring substituents is 1. The minimum atomic E-state index is -2.80. The van der Waals surface area contributed by atoms with E-state index >= 15 is 0 Å². The summed E-state index contributed by atoms with van der Waals surface area (Å²) in [5.74, 6) is -0.626. The highest BCUT2D eigenvalue weighted by molar-refractivity contribution is 7.60. The lowest BCUT2D eigenvalue weighted by Crippen LogP contribution is -2.32. The first kappa shape index (κ1) is 26.0. The Labute approximate surface area is 199 Å². The Balaban J connectivity index is 2.31. The zero-order chi connectivity index (χ0) is 24.6. The number of nitro groups is 1. The van der Waals surface area contributed by atoms with E-state index in [1.54, 1.807) is 12.1 Å². The number of para-hydroxylation sites is 1. The molecule has 0 N–H and O–H groups in total. The predicted molar refractivity (Wildman–Crippen MR) is 140 cm³/mol. The van der Waals surface area contributed by atoms with Crippen LogP contribution in [0.4, 0.5) is 5.69 Å². The summed E-state index contributed by atoms with van der Waals surface area (Å²) >= 11 is 0. The van der Waals surface area contributed by atoms with Gasteiger partial charge in [0.1, 0.15) is 11.9 Å². The molecule has 10 heteroatoms. The van der Waals surface area contributed by atoms with Crippen molar-refractivity contribution < 1.29 is 13.9 Å². The highest BCUT2D eigenvalue weighted by atomic mass is 31.2. The van der Waals surface area contributed by atoms with E-state index in [0.29, 0.717) is 5.56 Å². The van der Waals surface area contributed by atoms with Crippen LogP contribution >= 0.6 is 7.43 Å². The third-order valence-electron chi connectivity index (χ3n) is 5.49. The Hall–Kier alpha value is -1.62. The van der Waals surface area contributed by atoms with Gasteiger partial charge in [0.25, 0.3) is 5.69 Å². The molecule has 4 atom stereocenters. The maximum atomic E-state index is 12.0. The number of nitrogens with zero attached hydrogens (tertiary/aromatic N) is 3. The summed E-state index contributed by atoms with van der Waals surface area (Å²) in [6.07, 6.45) is -0.194. The first-order valence-electron chi connectivity index (χ1n) is 11.3. The molecule has 180 valence electrons. The third kappa shape index (κ3) is 5.73. The van der Waals surface area contributed by atoms with Crippen LogP contribution in [0, 0.1) is 10.1 Å². The maximum Gasteiger partial charge on any atom is 0.275 e. The Morgan fingerprint density at radius 1 is 1.06 bits per heavy atom. The van der Waals surface area contributed by atoms with Gasteiger partial charge in [-0.1, -0.05) is 42.5 Å². The van der Waals surface area contributed by atoms with E-state index in [1.807, 2.05) is 37.4 Å². The van der Waals surface area contributed by atoms with Crippen molar-refractivity contribution in [2.45, 2.75) is 64.2 Å². The van der Waals surface area contributed by atoms with Gasteiger partial charge in [0.15, 0.2) is 24.0 Å². The summed E-state index contributed by atoms with van der Waals surface area (Å²) in [6.45, 7) is 15.0. The van der Waals surface area contributed by atoms with Crippen molar-refractivity contribution in [3.8, 4) is 0 Å². The van der Waals surface area contributed by atoms with Crippen molar-refractivity contribution in [3.05, 3.63) is 75.8 Å². The van der Waals surface area contributed by atoms with Crippen molar-refractivity contribution >= 4 is 29.7 Å². The van der Waals surface area contributed by atoms with Crippen LogP contribution in [0.2, 0.25) is 39.3 Å². The van der Waals surface area contributed by atoms with Crippen molar-refractivity contribution in [1.29, 1.82) is 0 Å². The molecule has 0 aromatic heterocycles. The lowest BCUT2D eigenvalue weighted by atomic mass is 10.0. The number of hydrogen-bond donors (Lipinski definition) is 0. The van der Waals surface area contributed by atoms with Crippen LogP contribution in [0.5, 0.6) is 0 Å². The quantitative estimate of drug-likeness (QED) is 0.169. The average molecular weight is 506 g/mol. The van der Waals surface area contributed by atoms with Gasteiger partial charge in [-0.2, -0.15) is 0 Å². The second kappa shape index (κ2) is 9.56. The van der Waals surface area contributed by atoms with Crippen LogP contribution < -0.4 is 0 Å². The monoisotopic (exact) mass is 505 g/mol. The van der Waals surface area contributed by atoms with E-state index in [1.165, 1.54) is 0 Å². The molecular weight excluding hydrogens is 469 g/mol. The molecule has 7 nitrogen and oxygen atoms in total. The van der Waals surface area contributed by atoms with Crippen molar-refractivity contribution in [3.63, 3.8) is 0 Å². The van der Waals surface area contributed by atoms with Crippen molar-refractivity contribution in [1.82, 2.24) is 4.67 Å². The number of rotatable bonds is 7. The van der Waals surface area contributed by atoms with Gasteiger partial charge in [0.2, 0.25) is 0 Å². The topological polar surface area (TPSA) is 77.2 Å². The summed E-state index contributed by atoms with van der Waals surface area (Å²) in [7, 11) is -4.95. The van der Waals surface area contributed by atoms with Gasteiger partial charge < -0.3 is 13.4 Å². The molecule has 33 heavy (non-hydrogen) atoms. The molecule has 1 aliphatic heterocycles. The van der Waals surface area contributed by atoms with Crippen LogP contribution in [0.15, 0.2) is 59.0 Å². The fourth-order valence-electron chi connectivity index (χ4n) is 4.08. The SMILES string of the molecule is C[C@H]1[C@@H](c2ccccc2)O[P@@](=N[Si](C)(C)C)([C@@H](O[Si](C)(C)C)c2ccccc2[N+](=O)[O-])N1C. The minimum Gasteiger partial charge on any atom is -0.402 e. The molecule has 0 radical (unpaired) electrons. The summed E-state index contributed by atoms with van der Waals surface area (Å²) < 4.78 is 21.5. The highest BCUT2D eigenvalue weighted by Crippen LogP contribution is 2.74. The van der Waals surface area contributed by atoms with Gasteiger partial charge in [0, 0.05) is 12.1 Å². The van der Waals surface area contributed by atoms with Gasteiger partial charge in [0.05, 0.1) is 10.5 Å². The molecule has 1 fully saturated rings. The van der Waals surface area contributed by atoms with E-state index < -0.39 is 29.8 Å². The molecule has 0 spiro atoms. The lowest BCUT2D eigenvalue weighted by molar-refractivity contribution is -0.385. The molecule has 0 amide bonds. The first-order chi connectivity index (χ1) is 15.3. The molecule has 1 heterocycles. The Kier molecular flexibility index (Phi) is 7.53. The fourth-order valence-corrected chi connectivity index (χ4v) is 13.4. The van der Waals surface area contributed by atoms with Gasteiger partial charge in [-0.25, -0.2) is 4.67 Å². The molecule has 2 aromatic carbocycles. The van der Waals surface area contributed by atoms with E-state index in [4.69, 9.17) is 13.4 Å². The van der Waals surface area contributed by atoms with Gasteiger partial charge in [-0.3, -0.25) is 10.1 Å². The van der Waals surface area contributed by atoms with Crippen molar-refractivity contribution in [2.24, 2.45) is 4.41 Å². The van der Waals surface area contributed by atoms with Crippen LogP contribution in [0.3, 0.4) is 0 Å². The van der Waals surface area contributed by atoms with Crippen LogP contribution in [-0.2, 0) is 8.95 Å². The fraction of sp³-hybridized carbons (Fsp3) is 0.478. The van der Waals surface area contributed by atoms with E-state index in [9.17, 15) is 10.1 Å². The van der Waals surface area contributed by atoms with E-state index in [-0.39, 0.29) is 22.8 Å². The number of likely N-dealkylation sites (N-methyl/N-ethyl adjacent to an activating group) is 1. The molecule has 1 saturated heterocycles. The largest absolute Gasteiger partial charge is 0.402 e. The molecule has 1 aliphatic rings. The second-order valence-corrected chi connectivity index (χ2v) is 22.6. The smallest absolute Gasteiger partial charge is 0.275 e. The molecule has 0 unspecified atom stereocenters. The maximum absolute atomic E-state index is 12.0. The average Bonchev–Trinajstić information content (AvgIpc) is 2.96. The van der Waals surface area contributed by atoms with Gasteiger partial charge in [-0.05, 0) is 64.9 Å². The Bertz CT molecular complexity index is 1050. The summed E-state index contributed by atoms with van der Waals surface area (Å²) in [6, 6.07) is 17.1. The Morgan fingerprint density at radius 3 is 2.18 bits per heavy atom. The third-order valence-corrected chi connectivity index (χ3v) is 13.0. The molecular formula is C23H36N3O4PSi2. The van der Waals surface area contributed by atoms with Gasteiger partial charge >= 0.3 is 0 Å². The zero-order valence-electron chi connectivity index (χ0n) is 20.9. The summed E-state index contributed by atoms with van der Waals surface area (Å²) in [4.78, 5) is 11.7. The lowest BCUT2D eigenvalue weighted by Gasteiger charge is -2.39. The number of hydrogen-bond acceptors (Lipinski definition) is 5. The normalized spacial score (nSPS) is 25.1. The number of benzene rings is 2. The highest BCUT2D eigenvalue weighted by Gasteiger charge is 2.53. The Morgan fingerprint density at radius 2 is 1.64 bits per heavy atom. The van der Waals surface area contributed by atoms with Crippen LogP contribution in [0.25, 0.3) is 0 Å². The second-order valence-electron chi connectivity index (χ2n) is 10.5.